The van der Waals surface area contributed by atoms with Crippen LogP contribution in [0.2, 0.25) is 0 Å². The SMILES string of the molecule is Cc1ccc2cc(CNCCN3CCOCC3)c(N3CCC(O)CC3)nc2c1. The van der Waals surface area contributed by atoms with Crippen molar-refractivity contribution in [3.63, 3.8) is 0 Å². The molecule has 2 aliphatic heterocycles. The number of aliphatic hydroxyl groups is 1. The van der Waals surface area contributed by atoms with E-state index in [0.29, 0.717) is 0 Å². The molecule has 6 nitrogen and oxygen atoms in total. The summed E-state index contributed by atoms with van der Waals surface area (Å²) in [7, 11) is 0. The molecule has 152 valence electrons. The molecular formula is C22H32N4O2. The number of rotatable bonds is 6. The standard InChI is InChI=1S/C22H32N4O2/c1-17-2-3-18-15-19(16-23-6-9-25-10-12-28-13-11-25)22(24-21(18)14-17)26-7-4-20(27)5-8-26/h2-3,14-15,20,23,27H,4-13,16H2,1H3. The predicted octanol–water partition coefficient (Wildman–Crippen LogP) is 1.93. The molecule has 0 saturated carbocycles. The van der Waals surface area contributed by atoms with E-state index in [2.05, 4.69) is 46.3 Å². The van der Waals surface area contributed by atoms with E-state index in [9.17, 15) is 5.11 Å². The Morgan fingerprint density at radius 1 is 1.14 bits per heavy atom. The van der Waals surface area contributed by atoms with Crippen LogP contribution in [-0.4, -0.2) is 73.6 Å². The molecule has 2 saturated heterocycles. The Morgan fingerprint density at radius 2 is 1.93 bits per heavy atom. The quantitative estimate of drug-likeness (QED) is 0.742. The lowest BCUT2D eigenvalue weighted by Crippen LogP contribution is -2.40. The van der Waals surface area contributed by atoms with E-state index in [1.165, 1.54) is 16.5 Å². The molecule has 2 aromatic rings. The number of hydrogen-bond donors (Lipinski definition) is 2. The van der Waals surface area contributed by atoms with Gasteiger partial charge >= 0.3 is 0 Å². The van der Waals surface area contributed by atoms with Crippen molar-refractivity contribution in [1.29, 1.82) is 0 Å². The molecule has 0 unspecified atom stereocenters. The summed E-state index contributed by atoms with van der Waals surface area (Å²) in [6.07, 6.45) is 1.46. The number of fused-ring (bicyclic) bond motifs is 1. The van der Waals surface area contributed by atoms with E-state index in [4.69, 9.17) is 9.72 Å². The number of nitrogens with one attached hydrogen (secondary N) is 1. The third-order valence-corrected chi connectivity index (χ3v) is 5.82. The van der Waals surface area contributed by atoms with Crippen LogP contribution in [-0.2, 0) is 11.3 Å². The molecule has 2 N–H and O–H groups in total. The number of morpholine rings is 1. The Balaban J connectivity index is 1.47. The molecule has 0 spiro atoms. The highest BCUT2D eigenvalue weighted by Gasteiger charge is 2.21. The van der Waals surface area contributed by atoms with Crippen molar-refractivity contribution in [2.75, 3.05) is 57.4 Å². The summed E-state index contributed by atoms with van der Waals surface area (Å²) in [5.41, 5.74) is 3.53. The van der Waals surface area contributed by atoms with Gasteiger partial charge in [-0.05, 0) is 37.5 Å². The topological polar surface area (TPSA) is 60.9 Å². The summed E-state index contributed by atoms with van der Waals surface area (Å²) < 4.78 is 5.42. The summed E-state index contributed by atoms with van der Waals surface area (Å²) in [5.74, 6) is 1.07. The van der Waals surface area contributed by atoms with Gasteiger partial charge in [0, 0.05) is 56.8 Å². The van der Waals surface area contributed by atoms with E-state index in [1.807, 2.05) is 0 Å². The van der Waals surface area contributed by atoms with Gasteiger partial charge in [-0.3, -0.25) is 4.90 Å². The van der Waals surface area contributed by atoms with Crippen LogP contribution >= 0.6 is 0 Å². The maximum Gasteiger partial charge on any atom is 0.133 e. The number of piperidine rings is 1. The van der Waals surface area contributed by atoms with Crippen molar-refractivity contribution in [2.24, 2.45) is 0 Å². The highest BCUT2D eigenvalue weighted by molar-refractivity contribution is 5.82. The van der Waals surface area contributed by atoms with Crippen LogP contribution in [0.5, 0.6) is 0 Å². The highest BCUT2D eigenvalue weighted by atomic mass is 16.5. The van der Waals surface area contributed by atoms with Gasteiger partial charge in [-0.15, -0.1) is 0 Å². The second kappa shape index (κ2) is 9.18. The van der Waals surface area contributed by atoms with Crippen LogP contribution in [0.4, 0.5) is 5.82 Å². The van der Waals surface area contributed by atoms with Crippen molar-refractivity contribution in [1.82, 2.24) is 15.2 Å². The van der Waals surface area contributed by atoms with Gasteiger partial charge in [0.15, 0.2) is 0 Å². The molecule has 3 heterocycles. The molecular weight excluding hydrogens is 352 g/mol. The molecule has 1 aromatic carbocycles. The van der Waals surface area contributed by atoms with Gasteiger partial charge in [0.1, 0.15) is 5.82 Å². The monoisotopic (exact) mass is 384 g/mol. The normalized spacial score (nSPS) is 19.4. The second-order valence-corrected chi connectivity index (χ2v) is 8.02. The predicted molar refractivity (Wildman–Crippen MR) is 113 cm³/mol. The molecule has 1 aromatic heterocycles. The molecule has 2 fully saturated rings. The lowest BCUT2D eigenvalue weighted by atomic mass is 10.1. The number of aryl methyl sites for hydroxylation is 1. The first-order valence-electron chi connectivity index (χ1n) is 10.5. The maximum atomic E-state index is 9.88. The third kappa shape index (κ3) is 4.81. The van der Waals surface area contributed by atoms with Crippen LogP contribution in [0.3, 0.4) is 0 Å². The Labute approximate surface area is 167 Å². The number of aromatic nitrogens is 1. The first-order valence-corrected chi connectivity index (χ1v) is 10.5. The summed E-state index contributed by atoms with van der Waals surface area (Å²) in [4.78, 5) is 9.82. The van der Waals surface area contributed by atoms with Gasteiger partial charge in [-0.2, -0.15) is 0 Å². The average Bonchev–Trinajstić information content (AvgIpc) is 2.72. The number of pyridine rings is 1. The summed E-state index contributed by atoms with van der Waals surface area (Å²) >= 11 is 0. The molecule has 0 atom stereocenters. The Hall–Kier alpha value is -1.73. The van der Waals surface area contributed by atoms with Gasteiger partial charge < -0.3 is 20.1 Å². The largest absolute Gasteiger partial charge is 0.393 e. The zero-order chi connectivity index (χ0) is 19.3. The van der Waals surface area contributed by atoms with Gasteiger partial charge in [0.05, 0.1) is 24.8 Å². The fourth-order valence-electron chi connectivity index (χ4n) is 4.08. The van der Waals surface area contributed by atoms with E-state index in [0.717, 1.165) is 83.2 Å². The minimum absolute atomic E-state index is 0.172. The van der Waals surface area contributed by atoms with Crippen LogP contribution in [0.1, 0.15) is 24.0 Å². The lowest BCUT2D eigenvalue weighted by molar-refractivity contribution is 0.0384. The smallest absolute Gasteiger partial charge is 0.133 e. The van der Waals surface area contributed by atoms with Gasteiger partial charge in [-0.1, -0.05) is 12.1 Å². The summed E-state index contributed by atoms with van der Waals surface area (Å²) in [6, 6.07) is 8.76. The molecule has 0 bridgehead atoms. The van der Waals surface area contributed by atoms with E-state index in [-0.39, 0.29) is 6.10 Å². The summed E-state index contributed by atoms with van der Waals surface area (Å²) in [5, 5.41) is 14.7. The van der Waals surface area contributed by atoms with Crippen molar-refractivity contribution < 1.29 is 9.84 Å². The summed E-state index contributed by atoms with van der Waals surface area (Å²) in [6.45, 7) is 10.4. The molecule has 0 radical (unpaired) electrons. The molecule has 2 aliphatic rings. The Bertz CT molecular complexity index is 783. The average molecular weight is 385 g/mol. The molecule has 28 heavy (non-hydrogen) atoms. The third-order valence-electron chi connectivity index (χ3n) is 5.82. The zero-order valence-electron chi connectivity index (χ0n) is 16.9. The fraction of sp³-hybridized carbons (Fsp3) is 0.591. The van der Waals surface area contributed by atoms with E-state index in [1.54, 1.807) is 0 Å². The minimum Gasteiger partial charge on any atom is -0.393 e. The van der Waals surface area contributed by atoms with Crippen molar-refractivity contribution >= 4 is 16.7 Å². The molecule has 0 amide bonds. The van der Waals surface area contributed by atoms with Gasteiger partial charge in [0.25, 0.3) is 0 Å². The fourth-order valence-corrected chi connectivity index (χ4v) is 4.08. The van der Waals surface area contributed by atoms with Gasteiger partial charge in [-0.25, -0.2) is 4.98 Å². The molecule has 4 rings (SSSR count). The number of ether oxygens (including phenoxy) is 1. The van der Waals surface area contributed by atoms with Crippen LogP contribution in [0.25, 0.3) is 10.9 Å². The first-order chi connectivity index (χ1) is 13.7. The number of hydrogen-bond acceptors (Lipinski definition) is 6. The van der Waals surface area contributed by atoms with Crippen molar-refractivity contribution in [3.8, 4) is 0 Å². The van der Waals surface area contributed by atoms with Crippen LogP contribution in [0, 0.1) is 6.92 Å². The lowest BCUT2D eigenvalue weighted by Gasteiger charge is -2.32. The second-order valence-electron chi connectivity index (χ2n) is 8.02. The first kappa shape index (κ1) is 19.6. The van der Waals surface area contributed by atoms with Crippen LogP contribution < -0.4 is 10.2 Å². The van der Waals surface area contributed by atoms with Crippen molar-refractivity contribution in [3.05, 3.63) is 35.4 Å². The number of anilines is 1. The highest BCUT2D eigenvalue weighted by Crippen LogP contribution is 2.27. The Kier molecular flexibility index (Phi) is 6.42. The van der Waals surface area contributed by atoms with Gasteiger partial charge in [0.2, 0.25) is 0 Å². The zero-order valence-corrected chi connectivity index (χ0v) is 16.9. The minimum atomic E-state index is -0.172. The Morgan fingerprint density at radius 3 is 2.71 bits per heavy atom. The molecule has 0 aliphatic carbocycles. The van der Waals surface area contributed by atoms with E-state index < -0.39 is 0 Å². The van der Waals surface area contributed by atoms with E-state index >= 15 is 0 Å². The van der Waals surface area contributed by atoms with Crippen LogP contribution in [0.15, 0.2) is 24.3 Å². The number of benzene rings is 1. The molecule has 6 heteroatoms. The number of aliphatic hydroxyl groups excluding tert-OH is 1. The maximum absolute atomic E-state index is 9.88. The number of nitrogens with zero attached hydrogens (tertiary/aromatic N) is 3. The van der Waals surface area contributed by atoms with Crippen molar-refractivity contribution in [2.45, 2.75) is 32.4 Å².